The maximum absolute atomic E-state index is 4.43. The first-order chi connectivity index (χ1) is 6.29. The van der Waals surface area contributed by atoms with E-state index in [0.717, 1.165) is 13.1 Å². The van der Waals surface area contributed by atoms with E-state index in [-0.39, 0.29) is 0 Å². The van der Waals surface area contributed by atoms with Crippen LogP contribution in [0.15, 0.2) is 17.1 Å². The van der Waals surface area contributed by atoms with E-state index in [1.54, 1.807) is 0 Å². The minimum atomic E-state index is 0.597. The zero-order chi connectivity index (χ0) is 9.26. The number of hydrogen-bond acceptors (Lipinski definition) is 2. The van der Waals surface area contributed by atoms with Crippen molar-refractivity contribution in [2.75, 3.05) is 13.1 Å². The van der Waals surface area contributed by atoms with Crippen molar-refractivity contribution in [2.24, 2.45) is 4.99 Å². The van der Waals surface area contributed by atoms with E-state index >= 15 is 0 Å². The molecule has 0 radical (unpaired) electrons. The summed E-state index contributed by atoms with van der Waals surface area (Å²) < 4.78 is 0. The number of nitrogens with zero attached hydrogens (tertiary/aromatic N) is 2. The molecule has 1 aliphatic carbocycles. The largest absolute Gasteiger partial charge is 0.352 e. The highest BCUT2D eigenvalue weighted by atomic mass is 15.3. The maximum atomic E-state index is 4.43. The summed E-state index contributed by atoms with van der Waals surface area (Å²) >= 11 is 0. The molecule has 0 spiro atoms. The van der Waals surface area contributed by atoms with Crippen molar-refractivity contribution in [3.05, 3.63) is 12.2 Å². The van der Waals surface area contributed by atoms with Crippen LogP contribution in [0.3, 0.4) is 0 Å². The minimum Gasteiger partial charge on any atom is -0.352 e. The van der Waals surface area contributed by atoms with Gasteiger partial charge in [0.05, 0.1) is 18.4 Å². The van der Waals surface area contributed by atoms with Crippen LogP contribution in [-0.2, 0) is 0 Å². The van der Waals surface area contributed by atoms with Gasteiger partial charge in [-0.3, -0.25) is 4.99 Å². The zero-order valence-electron chi connectivity index (χ0n) is 8.42. The molecule has 2 heteroatoms. The van der Waals surface area contributed by atoms with E-state index in [1.165, 1.54) is 37.1 Å². The fourth-order valence-electron chi connectivity index (χ4n) is 2.39. The van der Waals surface area contributed by atoms with Crippen LogP contribution < -0.4 is 0 Å². The fourth-order valence-corrected chi connectivity index (χ4v) is 2.39. The molecule has 0 N–H and O–H groups in total. The molecule has 0 bridgehead atoms. The molecule has 72 valence electrons. The van der Waals surface area contributed by atoms with Crippen LogP contribution in [0.1, 0.15) is 32.6 Å². The second-order valence-corrected chi connectivity index (χ2v) is 4.04. The van der Waals surface area contributed by atoms with Gasteiger partial charge in [-0.05, 0) is 26.2 Å². The van der Waals surface area contributed by atoms with Crippen molar-refractivity contribution in [1.82, 2.24) is 4.90 Å². The van der Waals surface area contributed by atoms with Crippen molar-refractivity contribution >= 4 is 5.84 Å². The molecular formula is C11H18N2. The Hall–Kier alpha value is -0.790. The molecule has 0 amide bonds. The molecule has 2 nitrogen and oxygen atoms in total. The average molecular weight is 178 g/mol. The van der Waals surface area contributed by atoms with Gasteiger partial charge in [0.15, 0.2) is 0 Å². The Labute approximate surface area is 80.3 Å². The smallest absolute Gasteiger partial charge is 0.0963 e. The quantitative estimate of drug-likeness (QED) is 0.562. The number of rotatable bonds is 1. The summed E-state index contributed by atoms with van der Waals surface area (Å²) in [6, 6.07) is 0.597. The van der Waals surface area contributed by atoms with Crippen molar-refractivity contribution in [3.8, 4) is 0 Å². The predicted molar refractivity (Wildman–Crippen MR) is 56.1 cm³/mol. The van der Waals surface area contributed by atoms with Crippen LogP contribution in [0.4, 0.5) is 0 Å². The molecule has 2 aliphatic rings. The first kappa shape index (κ1) is 8.79. The van der Waals surface area contributed by atoms with Gasteiger partial charge in [0.2, 0.25) is 0 Å². The number of amidine groups is 1. The Bertz CT molecular complexity index is 242. The van der Waals surface area contributed by atoms with Gasteiger partial charge in [-0.2, -0.15) is 0 Å². The normalized spacial score (nSPS) is 29.3. The highest BCUT2D eigenvalue weighted by Crippen LogP contribution is 2.27. The highest BCUT2D eigenvalue weighted by molar-refractivity contribution is 5.81. The van der Waals surface area contributed by atoms with Gasteiger partial charge in [-0.1, -0.05) is 18.6 Å². The minimum absolute atomic E-state index is 0.597. The summed E-state index contributed by atoms with van der Waals surface area (Å²) in [6.07, 6.45) is 5.19. The third kappa shape index (κ3) is 1.62. The standard InChI is InChI=1S/C11H18N2/c1-9-5-3-4-6-11(9)13-8-7-12-10(13)2/h11H,1,3-8H2,2H3. The van der Waals surface area contributed by atoms with Gasteiger partial charge in [-0.25, -0.2) is 0 Å². The predicted octanol–water partition coefficient (Wildman–Crippen LogP) is 2.22. The summed E-state index contributed by atoms with van der Waals surface area (Å²) in [6.45, 7) is 8.39. The van der Waals surface area contributed by atoms with Crippen molar-refractivity contribution < 1.29 is 0 Å². The SMILES string of the molecule is C=C1CCCCC1N1CCN=C1C. The maximum Gasteiger partial charge on any atom is 0.0963 e. The Balaban J connectivity index is 2.06. The van der Waals surface area contributed by atoms with Crippen LogP contribution in [0.5, 0.6) is 0 Å². The van der Waals surface area contributed by atoms with Crippen LogP contribution in [-0.4, -0.2) is 29.9 Å². The van der Waals surface area contributed by atoms with Gasteiger partial charge in [-0.15, -0.1) is 0 Å². The molecular weight excluding hydrogens is 160 g/mol. The lowest BCUT2D eigenvalue weighted by molar-refractivity contribution is 0.319. The molecule has 1 saturated carbocycles. The molecule has 1 heterocycles. The topological polar surface area (TPSA) is 15.6 Å². The van der Waals surface area contributed by atoms with E-state index in [9.17, 15) is 0 Å². The van der Waals surface area contributed by atoms with E-state index in [4.69, 9.17) is 0 Å². The molecule has 1 unspecified atom stereocenters. The highest BCUT2D eigenvalue weighted by Gasteiger charge is 2.26. The summed E-state index contributed by atoms with van der Waals surface area (Å²) in [5, 5.41) is 0. The number of aliphatic imine (C=N–C) groups is 1. The van der Waals surface area contributed by atoms with Gasteiger partial charge in [0, 0.05) is 6.54 Å². The van der Waals surface area contributed by atoms with Crippen LogP contribution in [0.2, 0.25) is 0 Å². The van der Waals surface area contributed by atoms with Gasteiger partial charge in [0.25, 0.3) is 0 Å². The van der Waals surface area contributed by atoms with Crippen LogP contribution in [0.25, 0.3) is 0 Å². The second-order valence-electron chi connectivity index (χ2n) is 4.04. The molecule has 0 aromatic rings. The van der Waals surface area contributed by atoms with Crippen molar-refractivity contribution in [2.45, 2.75) is 38.6 Å². The molecule has 0 aromatic heterocycles. The van der Waals surface area contributed by atoms with E-state index in [2.05, 4.69) is 23.4 Å². The summed E-state index contributed by atoms with van der Waals surface area (Å²) in [4.78, 5) is 6.86. The van der Waals surface area contributed by atoms with E-state index in [1.807, 2.05) is 0 Å². The fraction of sp³-hybridized carbons (Fsp3) is 0.727. The summed E-state index contributed by atoms with van der Waals surface area (Å²) in [7, 11) is 0. The van der Waals surface area contributed by atoms with E-state index in [0.29, 0.717) is 6.04 Å². The lowest BCUT2D eigenvalue weighted by atomic mass is 9.90. The molecule has 0 saturated heterocycles. The van der Waals surface area contributed by atoms with Gasteiger partial charge in [0.1, 0.15) is 0 Å². The molecule has 13 heavy (non-hydrogen) atoms. The third-order valence-electron chi connectivity index (χ3n) is 3.17. The molecule has 2 rings (SSSR count). The Morgan fingerprint density at radius 2 is 2.31 bits per heavy atom. The molecule has 1 aliphatic heterocycles. The Morgan fingerprint density at radius 3 is 2.92 bits per heavy atom. The van der Waals surface area contributed by atoms with E-state index < -0.39 is 0 Å². The first-order valence-corrected chi connectivity index (χ1v) is 5.24. The van der Waals surface area contributed by atoms with Crippen molar-refractivity contribution in [3.63, 3.8) is 0 Å². The molecule has 0 aromatic carbocycles. The monoisotopic (exact) mass is 178 g/mol. The lowest BCUT2D eigenvalue weighted by Crippen LogP contribution is -2.39. The Morgan fingerprint density at radius 1 is 1.46 bits per heavy atom. The second kappa shape index (κ2) is 3.52. The summed E-state index contributed by atoms with van der Waals surface area (Å²) in [5.74, 6) is 1.22. The summed E-state index contributed by atoms with van der Waals surface area (Å²) in [5.41, 5.74) is 1.42. The molecule has 1 atom stereocenters. The zero-order valence-corrected chi connectivity index (χ0v) is 8.42. The lowest BCUT2D eigenvalue weighted by Gasteiger charge is -2.34. The first-order valence-electron chi connectivity index (χ1n) is 5.24. The molecule has 1 fully saturated rings. The Kier molecular flexibility index (Phi) is 2.38. The van der Waals surface area contributed by atoms with Crippen molar-refractivity contribution in [1.29, 1.82) is 0 Å². The van der Waals surface area contributed by atoms with Crippen LogP contribution >= 0.6 is 0 Å². The van der Waals surface area contributed by atoms with Crippen LogP contribution in [0, 0.1) is 0 Å². The van der Waals surface area contributed by atoms with Gasteiger partial charge < -0.3 is 4.90 Å². The third-order valence-corrected chi connectivity index (χ3v) is 3.17. The number of hydrogen-bond donors (Lipinski definition) is 0. The average Bonchev–Trinajstić information content (AvgIpc) is 2.52. The van der Waals surface area contributed by atoms with Gasteiger partial charge >= 0.3 is 0 Å².